The van der Waals surface area contributed by atoms with E-state index in [0.717, 1.165) is 49.6 Å². The van der Waals surface area contributed by atoms with E-state index in [4.69, 9.17) is 4.98 Å². The number of para-hydroxylation sites is 1. The Bertz CT molecular complexity index is 3380. The van der Waals surface area contributed by atoms with Crippen LogP contribution in [0.25, 0.3) is 54.9 Å². The van der Waals surface area contributed by atoms with Crippen molar-refractivity contribution in [1.82, 2.24) is 18.9 Å². The van der Waals surface area contributed by atoms with Crippen LogP contribution in [0.4, 0.5) is 4.39 Å². The van der Waals surface area contributed by atoms with Crippen molar-refractivity contribution < 1.29 is 24.8 Å². The Balaban J connectivity index is 0.00000397. The van der Waals surface area contributed by atoms with E-state index in [9.17, 15) is 0 Å². The molecule has 0 spiro atoms. The third-order valence-corrected chi connectivity index (χ3v) is 18.2. The summed E-state index contributed by atoms with van der Waals surface area (Å²) in [6, 6.07) is 64.6. The van der Waals surface area contributed by atoms with E-state index in [0.29, 0.717) is 11.1 Å². The number of rotatable bonds is 5. The van der Waals surface area contributed by atoms with Gasteiger partial charge in [-0.3, -0.25) is 4.98 Å². The predicted octanol–water partition coefficient (Wildman–Crippen LogP) is 9.63. The Labute approximate surface area is 358 Å². The number of alkyl halides is 1. The van der Waals surface area contributed by atoms with Crippen LogP contribution in [0.3, 0.4) is 0 Å². The molecular formula is C51H31FN4PdSSi. The van der Waals surface area contributed by atoms with Gasteiger partial charge in [-0.15, -0.1) is 29.8 Å². The molecule has 7 aromatic carbocycles. The third kappa shape index (κ3) is 5.24. The van der Waals surface area contributed by atoms with Crippen LogP contribution in [-0.4, -0.2) is 27.0 Å². The molecule has 0 radical (unpaired) electrons. The van der Waals surface area contributed by atoms with Crippen LogP contribution in [0.1, 0.15) is 17.3 Å². The zero-order valence-corrected chi connectivity index (χ0v) is 34.7. The molecule has 0 amide bonds. The van der Waals surface area contributed by atoms with Gasteiger partial charge in [0.1, 0.15) is 11.8 Å². The van der Waals surface area contributed by atoms with Crippen molar-refractivity contribution in [2.75, 3.05) is 0 Å². The van der Waals surface area contributed by atoms with E-state index in [1.54, 1.807) is 6.20 Å². The maximum absolute atomic E-state index is 17.0. The van der Waals surface area contributed by atoms with Crippen molar-refractivity contribution in [3.05, 3.63) is 206 Å². The van der Waals surface area contributed by atoms with Crippen molar-refractivity contribution >= 4 is 89.8 Å². The quantitative estimate of drug-likeness (QED) is 0.0982. The molecule has 59 heavy (non-hydrogen) atoms. The van der Waals surface area contributed by atoms with Crippen molar-refractivity contribution in [1.29, 1.82) is 0 Å². The summed E-state index contributed by atoms with van der Waals surface area (Å²) in [7, 11) is -2.92. The van der Waals surface area contributed by atoms with E-state index >= 15 is 4.39 Å². The summed E-state index contributed by atoms with van der Waals surface area (Å²) in [6.45, 7) is 0. The number of fused-ring (bicyclic) bond motifs is 12. The topological polar surface area (TPSA) is 35.1 Å². The maximum atomic E-state index is 17.0. The molecule has 8 heteroatoms. The fourth-order valence-corrected chi connectivity index (χ4v) is 16.7. The Morgan fingerprint density at radius 3 is 2.10 bits per heavy atom. The first-order chi connectivity index (χ1) is 28.7. The number of aromatic nitrogens is 4. The number of hydrogen-bond donors (Lipinski definition) is 0. The van der Waals surface area contributed by atoms with Gasteiger partial charge in [-0.2, -0.15) is 18.2 Å². The first-order valence-corrected chi connectivity index (χ1v) is 22.2. The van der Waals surface area contributed by atoms with Gasteiger partial charge in [0, 0.05) is 44.7 Å². The summed E-state index contributed by atoms with van der Waals surface area (Å²) in [5, 5.41) is 10.5. The molecular weight excluding hydrogens is 854 g/mol. The molecule has 5 heterocycles. The minimum atomic E-state index is -2.92. The van der Waals surface area contributed by atoms with Crippen LogP contribution in [-0.2, 0) is 20.4 Å². The van der Waals surface area contributed by atoms with Gasteiger partial charge < -0.3 is 8.97 Å². The fraction of sp³-hybridized carbons (Fsp3) is 0.0196. The van der Waals surface area contributed by atoms with Crippen molar-refractivity contribution in [3.8, 4) is 5.69 Å². The minimum Gasteiger partial charge on any atom is -0.340 e. The summed E-state index contributed by atoms with van der Waals surface area (Å²) >= 11 is 1.85. The van der Waals surface area contributed by atoms with Gasteiger partial charge in [0.05, 0.1) is 11.2 Å². The van der Waals surface area contributed by atoms with Crippen LogP contribution in [0, 0.1) is 12.1 Å². The summed E-state index contributed by atoms with van der Waals surface area (Å²) in [4.78, 5) is 12.2. The zero-order valence-electron chi connectivity index (χ0n) is 31.3. The molecule has 0 aliphatic carbocycles. The molecule has 0 N–H and O–H groups in total. The van der Waals surface area contributed by atoms with E-state index in [1.165, 1.54) is 35.9 Å². The van der Waals surface area contributed by atoms with Gasteiger partial charge in [-0.25, -0.2) is 9.37 Å². The third-order valence-electron chi connectivity index (χ3n) is 11.8. The van der Waals surface area contributed by atoms with Crippen LogP contribution >= 0.6 is 11.8 Å². The molecule has 12 rings (SSSR count). The molecule has 1 aliphatic rings. The number of halogens is 1. The van der Waals surface area contributed by atoms with E-state index in [2.05, 4.69) is 141 Å². The van der Waals surface area contributed by atoms with E-state index < -0.39 is 14.2 Å². The Kier molecular flexibility index (Phi) is 8.54. The number of pyridine rings is 2. The molecule has 0 fully saturated rings. The molecule has 282 valence electrons. The number of nitrogens with zero attached hydrogens (tertiary/aromatic N) is 4. The van der Waals surface area contributed by atoms with Gasteiger partial charge in [-0.05, 0) is 62.5 Å². The average molecular weight is 885 g/mol. The average Bonchev–Trinajstić information content (AvgIpc) is 3.93. The number of imidazole rings is 1. The smallest absolute Gasteiger partial charge is 0.340 e. The predicted molar refractivity (Wildman–Crippen MR) is 237 cm³/mol. The van der Waals surface area contributed by atoms with Crippen LogP contribution < -0.4 is 20.7 Å². The molecule has 4 aromatic heterocycles. The van der Waals surface area contributed by atoms with Crippen LogP contribution in [0.5, 0.6) is 0 Å². The Morgan fingerprint density at radius 2 is 1.27 bits per heavy atom. The maximum Gasteiger partial charge on any atom is 2.00 e. The number of hydrogen-bond acceptors (Lipinski definition) is 3. The second kappa shape index (κ2) is 14.0. The molecule has 1 aliphatic heterocycles. The van der Waals surface area contributed by atoms with Crippen LogP contribution in [0.2, 0.25) is 0 Å². The molecule has 11 aromatic rings. The Morgan fingerprint density at radius 1 is 0.559 bits per heavy atom. The van der Waals surface area contributed by atoms with Crippen molar-refractivity contribution in [2.24, 2.45) is 0 Å². The molecule has 1 unspecified atom stereocenters. The summed E-state index contributed by atoms with van der Waals surface area (Å²) < 4.78 is 21.2. The number of benzene rings is 7. The monoisotopic (exact) mass is 884 g/mol. The standard InChI is InChI=1S/C51H31FN4SSi.Pd/c52-48(34-24-25-38-39-19-7-8-21-42(39)55-30-29-54-50(55)41(38)32-34)33-13-11-14-35(31-33)56-43-26-27-45-49(47(43)40-20-12-28-53-51(40)56)58(36-15-3-1-4-16-36,37-17-5-2-6-18-37)46-23-10-9-22-44(46)57-45;/h1-30,48H;/q-2;+2. The zero-order chi connectivity index (χ0) is 38.4. The summed E-state index contributed by atoms with van der Waals surface area (Å²) in [5.74, 6) is 0. The van der Waals surface area contributed by atoms with Gasteiger partial charge in [0.25, 0.3) is 0 Å². The molecule has 0 bridgehead atoms. The largest absolute Gasteiger partial charge is 2.00 e. The molecule has 0 saturated carbocycles. The normalized spacial score (nSPS) is 13.7. The SMILES string of the molecule is FC(c1[c-]c(-n2c3ccc4c(c3c3cccnc32)[Si](c2ccccc2)(c2ccccc2)c2ccccc2S4)ccc1)c1[c-]c2c(cc1)c1ccccc1n1ccnc21.[Pd+2]. The molecule has 0 saturated heterocycles. The first-order valence-electron chi connectivity index (χ1n) is 19.4. The fourth-order valence-electron chi connectivity index (χ4n) is 9.45. The molecule has 1 atom stereocenters. The van der Waals surface area contributed by atoms with E-state index in [-0.39, 0.29) is 20.4 Å². The van der Waals surface area contributed by atoms with Gasteiger partial charge in [0.15, 0.2) is 8.07 Å². The van der Waals surface area contributed by atoms with Crippen molar-refractivity contribution in [3.63, 3.8) is 0 Å². The van der Waals surface area contributed by atoms with E-state index in [1.807, 2.05) is 72.7 Å². The summed E-state index contributed by atoms with van der Waals surface area (Å²) in [5.41, 5.74) is 5.24. The minimum absolute atomic E-state index is 0. The molecule has 4 nitrogen and oxygen atoms in total. The van der Waals surface area contributed by atoms with Crippen molar-refractivity contribution in [2.45, 2.75) is 16.0 Å². The Hall–Kier alpha value is -6.14. The van der Waals surface area contributed by atoms with Crippen LogP contribution in [0.15, 0.2) is 192 Å². The van der Waals surface area contributed by atoms with Gasteiger partial charge in [0.2, 0.25) is 0 Å². The second-order valence-corrected chi connectivity index (χ2v) is 19.6. The van der Waals surface area contributed by atoms with Gasteiger partial charge in [-0.1, -0.05) is 131 Å². The van der Waals surface area contributed by atoms with Gasteiger partial charge >= 0.3 is 20.4 Å². The first kappa shape index (κ1) is 36.0. The summed E-state index contributed by atoms with van der Waals surface area (Å²) in [6.07, 6.45) is 4.11. The second-order valence-electron chi connectivity index (χ2n) is 14.8.